The summed E-state index contributed by atoms with van der Waals surface area (Å²) in [5.74, 6) is 0.241. The van der Waals surface area contributed by atoms with Crippen molar-refractivity contribution in [2.45, 2.75) is 81.6 Å². The van der Waals surface area contributed by atoms with Crippen molar-refractivity contribution in [3.05, 3.63) is 0 Å². The van der Waals surface area contributed by atoms with Crippen LogP contribution >= 0.6 is 0 Å². The van der Waals surface area contributed by atoms with Crippen molar-refractivity contribution in [3.63, 3.8) is 0 Å². The minimum Gasteiger partial charge on any atom is -0.542 e. The van der Waals surface area contributed by atoms with E-state index in [2.05, 4.69) is 20.8 Å². The Hall–Kier alpha value is -0.216. The van der Waals surface area contributed by atoms with Gasteiger partial charge in [0.15, 0.2) is 0 Å². The van der Waals surface area contributed by atoms with Gasteiger partial charge in [0.05, 0.1) is 0 Å². The summed E-state index contributed by atoms with van der Waals surface area (Å²) in [5.41, 5.74) is 0. The number of rotatable bonds is 9. The molecule has 0 bridgehead atoms. The molecule has 0 N–H and O–H groups in total. The normalized spacial score (nSPS) is 15.1. The summed E-state index contributed by atoms with van der Waals surface area (Å²) in [5, 5.41) is 0. The fraction of sp³-hybridized carbons (Fsp3) is 0.810. The number of carbonyl (C=O) groups excluding carboxylic acids is 4. The molecule has 5 unspecified atom stereocenters. The molecular weight excluding hydrogens is 405 g/mol. The van der Waals surface area contributed by atoms with Crippen LogP contribution in [0.15, 0.2) is 0 Å². The molecule has 5 heteroatoms. The Bertz CT molecular complexity index is 352. The first kappa shape index (κ1) is 33.4. The van der Waals surface area contributed by atoms with Gasteiger partial charge in [-0.25, -0.2) is 0 Å². The molecule has 1 radical (unpaired) electrons. The Morgan fingerprint density at radius 1 is 0.769 bits per heavy atom. The van der Waals surface area contributed by atoms with Gasteiger partial charge in [-0.1, -0.05) is 67.7 Å². The molecular formula is C21H38O4Y-2. The van der Waals surface area contributed by atoms with Gasteiger partial charge in [-0.15, -0.1) is 0 Å². The number of hydrogen-bond donors (Lipinski definition) is 0. The van der Waals surface area contributed by atoms with Crippen LogP contribution in [-0.4, -0.2) is 24.1 Å². The summed E-state index contributed by atoms with van der Waals surface area (Å²) in [6.07, 6.45) is 7.49. The van der Waals surface area contributed by atoms with Gasteiger partial charge in [0.25, 0.3) is 0 Å². The minimum absolute atomic E-state index is 0. The van der Waals surface area contributed by atoms with Crippen molar-refractivity contribution in [1.82, 2.24) is 0 Å². The van der Waals surface area contributed by atoms with Crippen LogP contribution in [-0.2, 0) is 51.9 Å². The molecule has 0 aromatic rings. The van der Waals surface area contributed by atoms with Crippen LogP contribution in [0, 0.1) is 29.6 Å². The molecule has 0 spiro atoms. The molecule has 0 aromatic heterocycles. The summed E-state index contributed by atoms with van der Waals surface area (Å²) in [4.78, 5) is 41.1. The zero-order chi connectivity index (χ0) is 20.6. The summed E-state index contributed by atoms with van der Waals surface area (Å²) < 4.78 is 0. The molecule has 0 saturated heterocycles. The molecule has 0 saturated carbocycles. The SMILES string of the molecule is CC(=O)C(C)C(C)C(C)=O.CC([C-]=O)C(C)[C-]=O.CCCC(C)CC.[Y]. The molecule has 0 amide bonds. The van der Waals surface area contributed by atoms with Gasteiger partial charge in [0.2, 0.25) is 0 Å². The predicted molar refractivity (Wildman–Crippen MR) is 104 cm³/mol. The molecule has 0 rings (SSSR count). The smallest absolute Gasteiger partial charge is 0.133 e. The summed E-state index contributed by atoms with van der Waals surface area (Å²) in [7, 11) is 0. The third kappa shape index (κ3) is 20.1. The average Bonchev–Trinajstić information content (AvgIpc) is 2.59. The number of ketones is 2. The maximum Gasteiger partial charge on any atom is 0.133 e. The van der Waals surface area contributed by atoms with Crippen molar-refractivity contribution >= 4 is 24.1 Å². The second-order valence-corrected chi connectivity index (χ2v) is 6.91. The topological polar surface area (TPSA) is 68.3 Å². The van der Waals surface area contributed by atoms with E-state index >= 15 is 0 Å². The number of carbonyl (C=O) groups is 2. The van der Waals surface area contributed by atoms with E-state index in [-0.39, 0.29) is 67.9 Å². The van der Waals surface area contributed by atoms with E-state index in [1.165, 1.54) is 33.1 Å². The van der Waals surface area contributed by atoms with E-state index in [0.717, 1.165) is 5.92 Å². The molecule has 0 aromatic carbocycles. The van der Waals surface area contributed by atoms with Crippen LogP contribution in [0.25, 0.3) is 0 Å². The second-order valence-electron chi connectivity index (χ2n) is 6.91. The zero-order valence-electron chi connectivity index (χ0n) is 18.2. The van der Waals surface area contributed by atoms with Gasteiger partial charge in [0, 0.05) is 44.5 Å². The third-order valence-electron chi connectivity index (χ3n) is 4.63. The molecule has 26 heavy (non-hydrogen) atoms. The van der Waals surface area contributed by atoms with Crippen LogP contribution in [0.3, 0.4) is 0 Å². The molecule has 0 aliphatic heterocycles. The van der Waals surface area contributed by atoms with Crippen molar-refractivity contribution in [2.24, 2.45) is 29.6 Å². The van der Waals surface area contributed by atoms with Gasteiger partial charge >= 0.3 is 0 Å². The zero-order valence-corrected chi connectivity index (χ0v) is 21.1. The van der Waals surface area contributed by atoms with Crippen LogP contribution in [0.1, 0.15) is 81.6 Å². The van der Waals surface area contributed by atoms with E-state index < -0.39 is 0 Å². The Labute approximate surface area is 186 Å². The van der Waals surface area contributed by atoms with Crippen molar-refractivity contribution < 1.29 is 51.9 Å². The Morgan fingerprint density at radius 2 is 1.08 bits per heavy atom. The van der Waals surface area contributed by atoms with Gasteiger partial charge in [-0.05, 0) is 19.8 Å². The van der Waals surface area contributed by atoms with E-state index in [1.807, 2.05) is 0 Å². The fourth-order valence-corrected chi connectivity index (χ4v) is 1.61. The molecule has 0 aliphatic carbocycles. The van der Waals surface area contributed by atoms with Crippen molar-refractivity contribution in [1.29, 1.82) is 0 Å². The van der Waals surface area contributed by atoms with E-state index in [4.69, 9.17) is 0 Å². The third-order valence-corrected chi connectivity index (χ3v) is 4.63. The first-order valence-corrected chi connectivity index (χ1v) is 9.26. The Morgan fingerprint density at radius 3 is 1.19 bits per heavy atom. The Balaban J connectivity index is -0.000000139. The van der Waals surface area contributed by atoms with Crippen LogP contribution < -0.4 is 0 Å². The number of hydrogen-bond acceptors (Lipinski definition) is 4. The molecule has 0 fully saturated rings. The standard InChI is InChI=1S/C8H14O2.C7H16.C6H8O2.Y/c1-5(7(3)9)6(2)8(4)10;1-4-6-7(3)5-2;1-5(3-7)6(2)4-8;/h5-6H,1-4H3;7H,4-6H2,1-3H3;5-6H,1-2H3;/q;;-2;. The molecule has 0 heterocycles. The summed E-state index contributed by atoms with van der Waals surface area (Å²) >= 11 is 0. The summed E-state index contributed by atoms with van der Waals surface area (Å²) in [6, 6.07) is 0. The maximum atomic E-state index is 10.7. The fourth-order valence-electron chi connectivity index (χ4n) is 1.61. The largest absolute Gasteiger partial charge is 0.542 e. The van der Waals surface area contributed by atoms with Gasteiger partial charge in [-0.2, -0.15) is 11.8 Å². The van der Waals surface area contributed by atoms with Crippen LogP contribution in [0.2, 0.25) is 0 Å². The second kappa shape index (κ2) is 21.1. The predicted octanol–water partition coefficient (Wildman–Crippen LogP) is 4.74. The minimum atomic E-state index is -0.313. The first-order valence-electron chi connectivity index (χ1n) is 9.26. The Kier molecular flexibility index (Phi) is 27.1. The van der Waals surface area contributed by atoms with Crippen LogP contribution in [0.5, 0.6) is 0 Å². The monoisotopic (exact) mass is 443 g/mol. The summed E-state index contributed by atoms with van der Waals surface area (Å²) in [6.45, 7) is 16.7. The van der Waals surface area contributed by atoms with Gasteiger partial charge in [-0.3, -0.25) is 22.2 Å². The van der Waals surface area contributed by atoms with Gasteiger partial charge in [0.1, 0.15) is 11.6 Å². The molecule has 5 atom stereocenters. The van der Waals surface area contributed by atoms with Crippen molar-refractivity contribution in [2.75, 3.05) is 0 Å². The first-order chi connectivity index (χ1) is 11.5. The molecule has 0 aliphatic rings. The van der Waals surface area contributed by atoms with E-state index in [9.17, 15) is 19.2 Å². The quantitative estimate of drug-likeness (QED) is 0.483. The maximum absolute atomic E-state index is 10.7. The van der Waals surface area contributed by atoms with E-state index in [1.54, 1.807) is 40.3 Å². The van der Waals surface area contributed by atoms with Gasteiger partial charge < -0.3 is 9.59 Å². The molecule has 151 valence electrons. The van der Waals surface area contributed by atoms with Crippen molar-refractivity contribution in [3.8, 4) is 0 Å². The molecule has 4 nitrogen and oxygen atoms in total. The van der Waals surface area contributed by atoms with Crippen LogP contribution in [0.4, 0.5) is 0 Å². The number of Topliss-reactive ketones (excluding diaryl/α,β-unsaturated/α-hetero) is 2. The average molecular weight is 443 g/mol. The van der Waals surface area contributed by atoms with E-state index in [0.29, 0.717) is 0 Å².